The van der Waals surface area contributed by atoms with Crippen molar-refractivity contribution >= 4 is 0 Å². The first kappa shape index (κ1) is 17.5. The molecule has 0 unspecified atom stereocenters. The Bertz CT molecular complexity index is 960. The molecule has 0 amide bonds. The van der Waals surface area contributed by atoms with Gasteiger partial charge in [-0.2, -0.15) is 10.1 Å². The molecule has 1 aliphatic rings. The summed E-state index contributed by atoms with van der Waals surface area (Å²) in [7, 11) is 0. The quantitative estimate of drug-likeness (QED) is 0.658. The van der Waals surface area contributed by atoms with E-state index in [1.165, 1.54) is 0 Å². The smallest absolute Gasteiger partial charge is 0.266 e. The third-order valence-corrected chi connectivity index (χ3v) is 4.67. The monoisotopic (exact) mass is 366 g/mol. The first-order valence-electron chi connectivity index (χ1n) is 9.12. The molecule has 0 bridgehead atoms. The normalized spacial score (nSPS) is 15.2. The Labute approximate surface area is 156 Å². The van der Waals surface area contributed by atoms with E-state index in [-0.39, 0.29) is 11.5 Å². The van der Waals surface area contributed by atoms with Crippen LogP contribution in [-0.2, 0) is 13.1 Å². The van der Waals surface area contributed by atoms with Crippen molar-refractivity contribution in [3.63, 3.8) is 0 Å². The molecule has 27 heavy (non-hydrogen) atoms. The third-order valence-electron chi connectivity index (χ3n) is 4.67. The lowest BCUT2D eigenvalue weighted by atomic mass is 10.0. The molecule has 0 spiro atoms. The van der Waals surface area contributed by atoms with Crippen LogP contribution in [0.25, 0.3) is 11.3 Å². The number of aromatic nitrogens is 5. The van der Waals surface area contributed by atoms with E-state index in [1.54, 1.807) is 29.2 Å². The number of pyridine rings is 1. The number of hydrogen-bond donors (Lipinski definition) is 0. The lowest BCUT2D eigenvalue weighted by molar-refractivity contribution is 0.0659. The second kappa shape index (κ2) is 7.40. The minimum atomic E-state index is -0.0790. The van der Waals surface area contributed by atoms with E-state index in [2.05, 4.69) is 25.1 Å². The molecule has 1 fully saturated rings. The van der Waals surface area contributed by atoms with Crippen LogP contribution >= 0.6 is 0 Å². The number of rotatable bonds is 6. The second-order valence-corrected chi connectivity index (χ2v) is 7.24. The van der Waals surface area contributed by atoms with Crippen LogP contribution in [0.1, 0.15) is 31.5 Å². The fourth-order valence-corrected chi connectivity index (χ4v) is 3.18. The van der Waals surface area contributed by atoms with Crippen molar-refractivity contribution < 1.29 is 4.52 Å². The van der Waals surface area contributed by atoms with Gasteiger partial charge in [0.15, 0.2) is 5.82 Å². The van der Waals surface area contributed by atoms with Gasteiger partial charge in [0.05, 0.1) is 18.8 Å². The summed E-state index contributed by atoms with van der Waals surface area (Å²) in [4.78, 5) is 22.8. The molecule has 0 atom stereocenters. The fraction of sp³-hybridized carbons (Fsp3) is 0.421. The molecule has 0 saturated carbocycles. The molecule has 3 aromatic heterocycles. The minimum Gasteiger partial charge on any atom is -0.338 e. The molecule has 1 saturated heterocycles. The highest BCUT2D eigenvalue weighted by atomic mass is 16.5. The maximum atomic E-state index is 12.2. The van der Waals surface area contributed by atoms with Gasteiger partial charge in [-0.05, 0) is 18.2 Å². The Balaban J connectivity index is 1.36. The zero-order valence-corrected chi connectivity index (χ0v) is 15.4. The third kappa shape index (κ3) is 3.95. The number of hydrogen-bond acceptors (Lipinski definition) is 7. The first-order chi connectivity index (χ1) is 13.1. The van der Waals surface area contributed by atoms with Crippen LogP contribution in [0.5, 0.6) is 0 Å². The molecule has 140 valence electrons. The Morgan fingerprint density at radius 1 is 1.19 bits per heavy atom. The molecule has 0 aliphatic carbocycles. The van der Waals surface area contributed by atoms with Crippen molar-refractivity contribution in [3.8, 4) is 11.3 Å². The maximum absolute atomic E-state index is 12.2. The first-order valence-corrected chi connectivity index (χ1v) is 9.12. The van der Waals surface area contributed by atoms with Gasteiger partial charge in [0.2, 0.25) is 5.89 Å². The van der Waals surface area contributed by atoms with Gasteiger partial charge < -0.3 is 4.52 Å². The molecule has 0 N–H and O–H groups in total. The van der Waals surface area contributed by atoms with Crippen molar-refractivity contribution in [3.05, 3.63) is 58.7 Å². The topological polar surface area (TPSA) is 89.9 Å². The Morgan fingerprint density at radius 2 is 1.96 bits per heavy atom. The summed E-state index contributed by atoms with van der Waals surface area (Å²) >= 11 is 0. The van der Waals surface area contributed by atoms with E-state index in [9.17, 15) is 4.79 Å². The lowest BCUT2D eigenvalue weighted by Gasteiger charge is -2.38. The van der Waals surface area contributed by atoms with Gasteiger partial charge in [0.25, 0.3) is 5.56 Å². The average Bonchev–Trinajstić information content (AvgIpc) is 3.11. The molecule has 0 aromatic carbocycles. The molecule has 8 heteroatoms. The van der Waals surface area contributed by atoms with Crippen LogP contribution in [0.2, 0.25) is 0 Å². The largest absolute Gasteiger partial charge is 0.338 e. The molecule has 8 nitrogen and oxygen atoms in total. The summed E-state index contributed by atoms with van der Waals surface area (Å²) in [5.41, 5.74) is 1.65. The van der Waals surface area contributed by atoms with Crippen LogP contribution in [0.4, 0.5) is 0 Å². The second-order valence-electron chi connectivity index (χ2n) is 7.24. The summed E-state index contributed by atoms with van der Waals surface area (Å²) in [6, 6.07) is 7.10. The summed E-state index contributed by atoms with van der Waals surface area (Å²) in [6.07, 6.45) is 3.44. The fourth-order valence-electron chi connectivity index (χ4n) is 3.18. The van der Waals surface area contributed by atoms with Crippen LogP contribution < -0.4 is 5.56 Å². The van der Waals surface area contributed by atoms with Crippen LogP contribution in [0, 0.1) is 5.92 Å². The van der Waals surface area contributed by atoms with Crippen molar-refractivity contribution in [2.45, 2.75) is 32.9 Å². The number of likely N-dealkylation sites (tertiary alicyclic amines) is 1. The summed E-state index contributed by atoms with van der Waals surface area (Å²) < 4.78 is 6.85. The highest BCUT2D eigenvalue weighted by Gasteiger charge is 2.29. The van der Waals surface area contributed by atoms with Crippen molar-refractivity contribution in [2.24, 2.45) is 5.92 Å². The van der Waals surface area contributed by atoms with Crippen molar-refractivity contribution in [1.29, 1.82) is 0 Å². The van der Waals surface area contributed by atoms with Gasteiger partial charge in [-0.3, -0.25) is 14.7 Å². The van der Waals surface area contributed by atoms with Gasteiger partial charge in [-0.25, -0.2) is 4.68 Å². The molecule has 4 heterocycles. The van der Waals surface area contributed by atoms with Gasteiger partial charge in [0, 0.05) is 48.9 Å². The standard InChI is InChI=1S/C19H22N6O2/c1-13(2)19-21-17(27-23-19)12-24-9-14(10-24)11-25-18(26)4-3-16(22-25)15-5-7-20-8-6-15/h3-8,13-14H,9-12H2,1-2H3. The van der Waals surface area contributed by atoms with E-state index in [1.807, 2.05) is 26.0 Å². The predicted octanol–water partition coefficient (Wildman–Crippen LogP) is 1.94. The van der Waals surface area contributed by atoms with E-state index in [0.29, 0.717) is 24.9 Å². The summed E-state index contributed by atoms with van der Waals surface area (Å²) in [5, 5.41) is 8.50. The van der Waals surface area contributed by atoms with E-state index in [0.717, 1.165) is 30.2 Å². The predicted molar refractivity (Wildman–Crippen MR) is 98.9 cm³/mol. The van der Waals surface area contributed by atoms with Gasteiger partial charge in [-0.15, -0.1) is 0 Å². The lowest BCUT2D eigenvalue weighted by Crippen LogP contribution is -2.48. The maximum Gasteiger partial charge on any atom is 0.266 e. The van der Waals surface area contributed by atoms with Crippen LogP contribution in [0.3, 0.4) is 0 Å². The number of nitrogens with zero attached hydrogens (tertiary/aromatic N) is 6. The Hall–Kier alpha value is -2.87. The van der Waals surface area contributed by atoms with Crippen LogP contribution in [-0.4, -0.2) is 42.9 Å². The van der Waals surface area contributed by atoms with E-state index < -0.39 is 0 Å². The molecule has 0 radical (unpaired) electrons. The Morgan fingerprint density at radius 3 is 2.67 bits per heavy atom. The molecular formula is C19H22N6O2. The summed E-state index contributed by atoms with van der Waals surface area (Å²) in [6.45, 7) is 7.10. The molecular weight excluding hydrogens is 344 g/mol. The SMILES string of the molecule is CC(C)c1noc(CN2CC(Cn3nc(-c4ccncc4)ccc3=O)C2)n1. The molecule has 3 aromatic rings. The Kier molecular flexibility index (Phi) is 4.81. The zero-order chi connectivity index (χ0) is 18.8. The van der Waals surface area contributed by atoms with Gasteiger partial charge in [-0.1, -0.05) is 19.0 Å². The average molecular weight is 366 g/mol. The van der Waals surface area contributed by atoms with Crippen molar-refractivity contribution in [1.82, 2.24) is 29.8 Å². The van der Waals surface area contributed by atoms with Crippen molar-refractivity contribution in [2.75, 3.05) is 13.1 Å². The van der Waals surface area contributed by atoms with Crippen LogP contribution in [0.15, 0.2) is 46.0 Å². The van der Waals surface area contributed by atoms with E-state index >= 15 is 0 Å². The van der Waals surface area contributed by atoms with Gasteiger partial charge >= 0.3 is 0 Å². The highest BCUT2D eigenvalue weighted by molar-refractivity contribution is 5.56. The molecule has 4 rings (SSSR count). The van der Waals surface area contributed by atoms with Gasteiger partial charge in [0.1, 0.15) is 0 Å². The minimum absolute atomic E-state index is 0.0790. The molecule has 1 aliphatic heterocycles. The zero-order valence-electron chi connectivity index (χ0n) is 15.4. The highest BCUT2D eigenvalue weighted by Crippen LogP contribution is 2.20. The van der Waals surface area contributed by atoms with E-state index in [4.69, 9.17) is 4.52 Å². The summed E-state index contributed by atoms with van der Waals surface area (Å²) in [5.74, 6) is 2.03.